The van der Waals surface area contributed by atoms with E-state index in [1.165, 1.54) is 0 Å². The lowest BCUT2D eigenvalue weighted by Gasteiger charge is -2.24. The molecule has 0 saturated carbocycles. The largest absolute Gasteiger partial charge is 0.423 e. The minimum absolute atomic E-state index is 0.313. The summed E-state index contributed by atoms with van der Waals surface area (Å²) in [6.45, 7) is 1.84. The molecule has 0 saturated heterocycles. The summed E-state index contributed by atoms with van der Waals surface area (Å²) in [7, 11) is 0. The first-order valence-corrected chi connectivity index (χ1v) is 7.04. The van der Waals surface area contributed by atoms with E-state index in [1.807, 2.05) is 37.3 Å². The Morgan fingerprint density at radius 3 is 2.30 bits per heavy atom. The maximum atomic E-state index is 12.4. The number of hydrogen-bond donors (Lipinski definition) is 0. The average Bonchev–Trinajstić information content (AvgIpc) is 2.49. The molecule has 2 aromatic carbocycles. The predicted molar refractivity (Wildman–Crippen MR) is 81.4 cm³/mol. The van der Waals surface area contributed by atoms with Gasteiger partial charge in [-0.1, -0.05) is 61.0 Å². The third-order valence-electron chi connectivity index (χ3n) is 3.08. The average molecular weight is 309 g/mol. The van der Waals surface area contributed by atoms with Crippen molar-refractivity contribution < 1.29 is 9.53 Å². The summed E-state index contributed by atoms with van der Waals surface area (Å²) in [5.41, 5.74) is 0.709. The van der Waals surface area contributed by atoms with Crippen molar-refractivity contribution in [3.8, 4) is 5.75 Å². The molecule has 104 valence electrons. The summed E-state index contributed by atoms with van der Waals surface area (Å²) < 4.78 is 5.35. The van der Waals surface area contributed by atoms with Gasteiger partial charge in [-0.2, -0.15) is 0 Å². The van der Waals surface area contributed by atoms with Gasteiger partial charge in [0.2, 0.25) is 0 Å². The van der Waals surface area contributed by atoms with Crippen LogP contribution in [0.4, 0.5) is 0 Å². The lowest BCUT2D eigenvalue weighted by Crippen LogP contribution is -2.33. The van der Waals surface area contributed by atoms with Gasteiger partial charge in [-0.3, -0.25) is 0 Å². The first kappa shape index (κ1) is 14.9. The molecule has 0 aliphatic heterocycles. The Morgan fingerprint density at radius 2 is 1.70 bits per heavy atom. The number of ether oxygens (including phenoxy) is 1. The van der Waals surface area contributed by atoms with Crippen LogP contribution in [0.15, 0.2) is 54.6 Å². The second kappa shape index (κ2) is 6.29. The summed E-state index contributed by atoms with van der Waals surface area (Å²) in [6.07, 6.45) is 0.419. The molecule has 0 bridgehead atoms. The van der Waals surface area contributed by atoms with Crippen molar-refractivity contribution in [2.45, 2.75) is 18.2 Å². The van der Waals surface area contributed by atoms with Gasteiger partial charge in [0.25, 0.3) is 0 Å². The molecule has 0 fully saturated rings. The zero-order valence-electron chi connectivity index (χ0n) is 11.0. The number of carbonyl (C=O) groups excluding carboxylic acids is 1. The number of esters is 1. The number of benzene rings is 2. The smallest absolute Gasteiger partial charge is 0.337 e. The van der Waals surface area contributed by atoms with E-state index in [4.69, 9.17) is 27.9 Å². The zero-order valence-corrected chi connectivity index (χ0v) is 12.5. The van der Waals surface area contributed by atoms with Crippen molar-refractivity contribution in [3.05, 3.63) is 65.2 Å². The van der Waals surface area contributed by atoms with E-state index in [0.717, 1.165) is 0 Å². The molecule has 2 aromatic rings. The fourth-order valence-electron chi connectivity index (χ4n) is 1.88. The van der Waals surface area contributed by atoms with Gasteiger partial charge in [-0.15, -0.1) is 11.6 Å². The highest BCUT2D eigenvalue weighted by atomic mass is 35.5. The Bertz CT molecular complexity index is 598. The molecule has 2 rings (SSSR count). The summed E-state index contributed by atoms with van der Waals surface area (Å²) >= 11 is 12.5. The molecule has 0 aliphatic rings. The van der Waals surface area contributed by atoms with Crippen molar-refractivity contribution in [2.75, 3.05) is 0 Å². The Hall–Kier alpha value is -1.51. The highest BCUT2D eigenvalue weighted by Crippen LogP contribution is 2.35. The topological polar surface area (TPSA) is 26.3 Å². The van der Waals surface area contributed by atoms with Gasteiger partial charge >= 0.3 is 5.97 Å². The van der Waals surface area contributed by atoms with Crippen molar-refractivity contribution in [1.29, 1.82) is 0 Å². The Morgan fingerprint density at radius 1 is 1.10 bits per heavy atom. The molecule has 0 spiro atoms. The van der Waals surface area contributed by atoms with Crippen molar-refractivity contribution >= 4 is 29.2 Å². The summed E-state index contributed by atoms with van der Waals surface area (Å²) in [5.74, 6) is -0.213. The van der Waals surface area contributed by atoms with Gasteiger partial charge in [-0.05, 0) is 24.1 Å². The summed E-state index contributed by atoms with van der Waals surface area (Å²) in [6, 6.07) is 16.0. The van der Waals surface area contributed by atoms with Crippen LogP contribution >= 0.6 is 23.2 Å². The van der Waals surface area contributed by atoms with Gasteiger partial charge in [0, 0.05) is 0 Å². The maximum absolute atomic E-state index is 12.4. The number of halogens is 2. The first-order valence-electron chi connectivity index (χ1n) is 6.29. The Kier molecular flexibility index (Phi) is 4.69. The molecule has 20 heavy (non-hydrogen) atoms. The molecular formula is C16H14Cl2O2. The fraction of sp³-hybridized carbons (Fsp3) is 0.188. The fourth-order valence-corrected chi connectivity index (χ4v) is 2.22. The van der Waals surface area contributed by atoms with Crippen LogP contribution in [0.5, 0.6) is 5.75 Å². The lowest BCUT2D eigenvalue weighted by atomic mass is 9.95. The molecule has 0 aliphatic carbocycles. The van der Waals surface area contributed by atoms with Crippen LogP contribution < -0.4 is 4.74 Å². The monoisotopic (exact) mass is 308 g/mol. The molecule has 0 heterocycles. The number of hydrogen-bond acceptors (Lipinski definition) is 2. The van der Waals surface area contributed by atoms with Crippen LogP contribution in [-0.2, 0) is 9.67 Å². The van der Waals surface area contributed by atoms with Gasteiger partial charge < -0.3 is 4.74 Å². The maximum Gasteiger partial charge on any atom is 0.337 e. The summed E-state index contributed by atoms with van der Waals surface area (Å²) in [5, 5.41) is 0.379. The molecular weight excluding hydrogens is 295 g/mol. The van der Waals surface area contributed by atoms with E-state index in [2.05, 4.69) is 0 Å². The second-order valence-corrected chi connectivity index (χ2v) is 5.39. The van der Waals surface area contributed by atoms with E-state index >= 15 is 0 Å². The van der Waals surface area contributed by atoms with E-state index in [-0.39, 0.29) is 0 Å². The normalized spacial score (nSPS) is 13.6. The van der Waals surface area contributed by atoms with Crippen LogP contribution in [0.25, 0.3) is 0 Å². The molecule has 0 radical (unpaired) electrons. The van der Waals surface area contributed by atoms with Gasteiger partial charge in [0.05, 0.1) is 5.02 Å². The SMILES string of the molecule is CCC(Cl)(C(=O)Oc1ccccc1Cl)c1ccccc1. The minimum atomic E-state index is -1.21. The van der Waals surface area contributed by atoms with Crippen LogP contribution in [0.2, 0.25) is 5.02 Å². The quantitative estimate of drug-likeness (QED) is 0.461. The molecule has 0 N–H and O–H groups in total. The molecule has 4 heteroatoms. The van der Waals surface area contributed by atoms with Gasteiger partial charge in [0.1, 0.15) is 5.75 Å². The standard InChI is InChI=1S/C16H14Cl2O2/c1-2-16(18,12-8-4-3-5-9-12)15(19)20-14-11-7-6-10-13(14)17/h3-11H,2H2,1H3. The number of carbonyl (C=O) groups is 1. The zero-order chi connectivity index (χ0) is 14.6. The third-order valence-corrected chi connectivity index (χ3v) is 4.03. The van der Waals surface area contributed by atoms with E-state index in [1.54, 1.807) is 24.3 Å². The molecule has 0 aromatic heterocycles. The molecule has 2 nitrogen and oxygen atoms in total. The highest BCUT2D eigenvalue weighted by molar-refractivity contribution is 6.34. The number of para-hydroxylation sites is 1. The number of rotatable bonds is 4. The van der Waals surface area contributed by atoms with Crippen LogP contribution in [-0.4, -0.2) is 5.97 Å². The van der Waals surface area contributed by atoms with Crippen molar-refractivity contribution in [3.63, 3.8) is 0 Å². The van der Waals surface area contributed by atoms with Gasteiger partial charge in [-0.25, -0.2) is 4.79 Å². The highest BCUT2D eigenvalue weighted by Gasteiger charge is 2.38. The molecule has 1 atom stereocenters. The molecule has 1 unspecified atom stereocenters. The van der Waals surface area contributed by atoms with E-state index in [0.29, 0.717) is 22.8 Å². The Balaban J connectivity index is 2.29. The van der Waals surface area contributed by atoms with Gasteiger partial charge in [0.15, 0.2) is 4.87 Å². The third kappa shape index (κ3) is 2.97. The minimum Gasteiger partial charge on any atom is -0.423 e. The lowest BCUT2D eigenvalue weighted by molar-refractivity contribution is -0.137. The number of alkyl halides is 1. The first-order chi connectivity index (χ1) is 9.58. The van der Waals surface area contributed by atoms with Crippen LogP contribution in [0, 0.1) is 0 Å². The Labute approximate surface area is 128 Å². The second-order valence-electron chi connectivity index (χ2n) is 4.34. The van der Waals surface area contributed by atoms with E-state index in [9.17, 15) is 4.79 Å². The van der Waals surface area contributed by atoms with Crippen molar-refractivity contribution in [2.24, 2.45) is 0 Å². The molecule has 0 amide bonds. The van der Waals surface area contributed by atoms with Crippen molar-refractivity contribution in [1.82, 2.24) is 0 Å². The van der Waals surface area contributed by atoms with E-state index < -0.39 is 10.8 Å². The van der Waals surface area contributed by atoms with Crippen LogP contribution in [0.3, 0.4) is 0 Å². The predicted octanol–water partition coefficient (Wildman–Crippen LogP) is 4.79. The van der Waals surface area contributed by atoms with Crippen LogP contribution in [0.1, 0.15) is 18.9 Å². The summed E-state index contributed by atoms with van der Waals surface area (Å²) in [4.78, 5) is 11.2.